The van der Waals surface area contributed by atoms with Gasteiger partial charge in [-0.05, 0) is 39.7 Å². The fourth-order valence-corrected chi connectivity index (χ4v) is 4.08. The van der Waals surface area contributed by atoms with E-state index >= 15 is 0 Å². The lowest BCUT2D eigenvalue weighted by Crippen LogP contribution is -2.42. The second-order valence-corrected chi connectivity index (χ2v) is 11.2. The highest BCUT2D eigenvalue weighted by Gasteiger charge is 2.32. The summed E-state index contributed by atoms with van der Waals surface area (Å²) in [7, 11) is -0.549. The standard InChI is InChI=1S/C23H36N4O6S/c1-16-7-8-19-20(27(16)22(28)32-5)10-9-18(17(13-24)14-25-15-23(2,3)29)21(19)33-12-11-26(4)34(6,30)31/h9-10,13-14,16-17,24,29H,7-8,11-12,15H2,1-6H3. The van der Waals surface area contributed by atoms with Crippen molar-refractivity contribution in [2.45, 2.75) is 51.2 Å². The van der Waals surface area contributed by atoms with Gasteiger partial charge in [0.2, 0.25) is 10.0 Å². The first-order chi connectivity index (χ1) is 15.8. The SMILES string of the molecule is COC(=O)N1c2ccc(C(C=N)C=NCC(C)(C)O)c(OCCN(C)S(C)(=O)=O)c2CCC1C. The summed E-state index contributed by atoms with van der Waals surface area (Å²) in [6, 6.07) is 3.53. The number of aliphatic imine (C=N–C) groups is 1. The summed E-state index contributed by atoms with van der Waals surface area (Å²) in [6.07, 6.45) is 4.80. The molecule has 34 heavy (non-hydrogen) atoms. The Bertz CT molecular complexity index is 1020. The monoisotopic (exact) mass is 496 g/mol. The Balaban J connectivity index is 2.50. The van der Waals surface area contributed by atoms with E-state index in [0.717, 1.165) is 11.8 Å². The lowest BCUT2D eigenvalue weighted by Gasteiger charge is -2.35. The van der Waals surface area contributed by atoms with Gasteiger partial charge in [0.1, 0.15) is 12.4 Å². The maximum absolute atomic E-state index is 12.5. The van der Waals surface area contributed by atoms with Crippen LogP contribution in [0.2, 0.25) is 0 Å². The van der Waals surface area contributed by atoms with Crippen molar-refractivity contribution in [1.29, 1.82) is 5.41 Å². The van der Waals surface area contributed by atoms with E-state index in [1.165, 1.54) is 24.7 Å². The number of hydrogen-bond donors (Lipinski definition) is 2. The van der Waals surface area contributed by atoms with E-state index in [9.17, 15) is 18.3 Å². The Morgan fingerprint density at radius 1 is 1.44 bits per heavy atom. The minimum Gasteiger partial charge on any atom is -0.492 e. The third-order valence-corrected chi connectivity index (χ3v) is 6.97. The van der Waals surface area contributed by atoms with Crippen LogP contribution in [-0.4, -0.2) is 88.1 Å². The van der Waals surface area contributed by atoms with Crippen molar-refractivity contribution in [3.8, 4) is 5.75 Å². The molecule has 1 amide bonds. The molecular weight excluding hydrogens is 460 g/mol. The topological polar surface area (TPSA) is 133 Å². The predicted molar refractivity (Wildman–Crippen MR) is 133 cm³/mol. The largest absolute Gasteiger partial charge is 0.492 e. The predicted octanol–water partition coefficient (Wildman–Crippen LogP) is 2.44. The molecule has 2 atom stereocenters. The number of nitrogens with zero attached hydrogens (tertiary/aromatic N) is 3. The van der Waals surface area contributed by atoms with Gasteiger partial charge < -0.3 is 20.0 Å². The average Bonchev–Trinajstić information content (AvgIpc) is 2.74. The molecule has 1 heterocycles. The second kappa shape index (κ2) is 11.3. The molecule has 1 aliphatic heterocycles. The fraction of sp³-hybridized carbons (Fsp3) is 0.609. The zero-order valence-corrected chi connectivity index (χ0v) is 21.6. The number of sulfonamides is 1. The van der Waals surface area contributed by atoms with Crippen LogP contribution in [-0.2, 0) is 21.2 Å². The molecule has 2 N–H and O–H groups in total. The lowest BCUT2D eigenvalue weighted by molar-refractivity contribution is 0.0905. The maximum atomic E-state index is 12.5. The maximum Gasteiger partial charge on any atom is 0.414 e. The molecule has 190 valence electrons. The van der Waals surface area contributed by atoms with E-state index in [0.29, 0.717) is 29.8 Å². The molecule has 1 aliphatic rings. The van der Waals surface area contributed by atoms with Gasteiger partial charge in [-0.15, -0.1) is 0 Å². The number of aliphatic hydroxyl groups is 1. The lowest BCUT2D eigenvalue weighted by atomic mass is 9.90. The smallest absolute Gasteiger partial charge is 0.414 e. The molecule has 0 aromatic heterocycles. The molecule has 0 fully saturated rings. The van der Waals surface area contributed by atoms with E-state index in [1.54, 1.807) is 31.0 Å². The fourth-order valence-electron chi connectivity index (χ4n) is 3.68. The number of methoxy groups -OCH3 is 1. The number of amides is 1. The Morgan fingerprint density at radius 3 is 2.68 bits per heavy atom. The molecule has 10 nitrogen and oxygen atoms in total. The van der Waals surface area contributed by atoms with Gasteiger partial charge in [0.15, 0.2) is 0 Å². The van der Waals surface area contributed by atoms with Gasteiger partial charge in [-0.3, -0.25) is 9.89 Å². The first-order valence-corrected chi connectivity index (χ1v) is 12.9. The van der Waals surface area contributed by atoms with Crippen LogP contribution in [0.15, 0.2) is 17.1 Å². The van der Waals surface area contributed by atoms with Gasteiger partial charge in [0, 0.05) is 43.2 Å². The Labute approximate surface area is 202 Å². The van der Waals surface area contributed by atoms with Crippen molar-refractivity contribution >= 4 is 34.2 Å². The van der Waals surface area contributed by atoms with Crippen LogP contribution in [0.25, 0.3) is 0 Å². The minimum absolute atomic E-state index is 0.0677. The molecular formula is C23H36N4O6S. The first kappa shape index (κ1) is 27.7. The Morgan fingerprint density at radius 2 is 2.12 bits per heavy atom. The molecule has 1 aromatic rings. The van der Waals surface area contributed by atoms with Crippen LogP contribution in [0, 0.1) is 5.41 Å². The van der Waals surface area contributed by atoms with Crippen LogP contribution in [0.5, 0.6) is 5.75 Å². The molecule has 2 unspecified atom stereocenters. The van der Waals surface area contributed by atoms with Crippen LogP contribution < -0.4 is 9.64 Å². The minimum atomic E-state index is -3.36. The summed E-state index contributed by atoms with van der Waals surface area (Å²) in [5.41, 5.74) is 1.16. The van der Waals surface area contributed by atoms with Crippen molar-refractivity contribution in [3.05, 3.63) is 23.3 Å². The average molecular weight is 497 g/mol. The number of anilines is 1. The summed E-state index contributed by atoms with van der Waals surface area (Å²) in [4.78, 5) is 18.4. The van der Waals surface area contributed by atoms with E-state index in [2.05, 4.69) is 4.99 Å². The zero-order valence-electron chi connectivity index (χ0n) is 20.7. The number of benzene rings is 1. The molecule has 1 aromatic carbocycles. The Hall–Kier alpha value is -2.50. The third-order valence-electron chi connectivity index (χ3n) is 5.65. The normalized spacial score (nSPS) is 17.5. The second-order valence-electron chi connectivity index (χ2n) is 9.14. The highest BCUT2D eigenvalue weighted by molar-refractivity contribution is 7.88. The Kier molecular flexibility index (Phi) is 9.21. The summed E-state index contributed by atoms with van der Waals surface area (Å²) < 4.78 is 35.8. The molecule has 0 bridgehead atoms. The van der Waals surface area contributed by atoms with Crippen molar-refractivity contribution < 1.29 is 27.8 Å². The number of rotatable bonds is 10. The highest BCUT2D eigenvalue weighted by Crippen LogP contribution is 2.41. The number of nitrogens with one attached hydrogen (secondary N) is 1. The van der Waals surface area contributed by atoms with Gasteiger partial charge >= 0.3 is 6.09 Å². The van der Waals surface area contributed by atoms with E-state index in [1.807, 2.05) is 13.0 Å². The van der Waals surface area contributed by atoms with E-state index in [-0.39, 0.29) is 25.7 Å². The quantitative estimate of drug-likeness (QED) is 0.478. The summed E-state index contributed by atoms with van der Waals surface area (Å²) >= 11 is 0. The summed E-state index contributed by atoms with van der Waals surface area (Å²) in [5.74, 6) is -0.0235. The molecule has 0 radical (unpaired) electrons. The molecule has 0 saturated heterocycles. The van der Waals surface area contributed by atoms with Crippen LogP contribution in [0.1, 0.15) is 44.2 Å². The third kappa shape index (κ3) is 7.00. The number of likely N-dealkylation sites (N-methyl/N-ethyl adjacent to an activating group) is 1. The van der Waals surface area contributed by atoms with Gasteiger partial charge in [0.25, 0.3) is 0 Å². The summed E-state index contributed by atoms with van der Waals surface area (Å²) in [6.45, 7) is 5.65. The zero-order chi connectivity index (χ0) is 25.7. The molecule has 2 rings (SSSR count). The number of hydrogen-bond acceptors (Lipinski definition) is 8. The number of ether oxygens (including phenoxy) is 2. The number of carbonyl (C=O) groups is 1. The molecule has 11 heteroatoms. The highest BCUT2D eigenvalue weighted by atomic mass is 32.2. The van der Waals surface area contributed by atoms with Gasteiger partial charge in [-0.1, -0.05) is 6.07 Å². The molecule has 0 saturated carbocycles. The van der Waals surface area contributed by atoms with Gasteiger partial charge in [0.05, 0.1) is 37.1 Å². The number of carbonyl (C=O) groups excluding carboxylic acids is 1. The van der Waals surface area contributed by atoms with E-state index < -0.39 is 27.6 Å². The van der Waals surface area contributed by atoms with Crippen molar-refractivity contribution in [2.75, 3.05) is 45.0 Å². The van der Waals surface area contributed by atoms with Crippen LogP contribution in [0.4, 0.5) is 10.5 Å². The number of fused-ring (bicyclic) bond motifs is 1. The van der Waals surface area contributed by atoms with Crippen LogP contribution in [0.3, 0.4) is 0 Å². The van der Waals surface area contributed by atoms with Gasteiger partial charge in [-0.2, -0.15) is 0 Å². The van der Waals surface area contributed by atoms with Gasteiger partial charge in [-0.25, -0.2) is 17.5 Å². The van der Waals surface area contributed by atoms with Crippen molar-refractivity contribution in [2.24, 2.45) is 4.99 Å². The first-order valence-electron chi connectivity index (χ1n) is 11.1. The van der Waals surface area contributed by atoms with Crippen LogP contribution >= 0.6 is 0 Å². The summed E-state index contributed by atoms with van der Waals surface area (Å²) in [5, 5.41) is 17.9. The molecule has 0 aliphatic carbocycles. The van der Waals surface area contributed by atoms with Crippen molar-refractivity contribution in [1.82, 2.24) is 4.31 Å². The van der Waals surface area contributed by atoms with Crippen molar-refractivity contribution in [3.63, 3.8) is 0 Å². The molecule has 0 spiro atoms. The van der Waals surface area contributed by atoms with E-state index in [4.69, 9.17) is 14.9 Å².